The van der Waals surface area contributed by atoms with E-state index in [1.807, 2.05) is 10.9 Å². The maximum absolute atomic E-state index is 13.6. The Morgan fingerprint density at radius 3 is 2.68 bits per heavy atom. The van der Waals surface area contributed by atoms with Crippen molar-refractivity contribution in [3.63, 3.8) is 0 Å². The van der Waals surface area contributed by atoms with Crippen LogP contribution in [0.5, 0.6) is 0 Å². The molecule has 4 nitrogen and oxygen atoms in total. The molecule has 5 saturated carbocycles. The molecule has 0 spiro atoms. The average Bonchev–Trinajstić information content (AvgIpc) is 3.23. The summed E-state index contributed by atoms with van der Waals surface area (Å²) in [7, 11) is 0. The number of fused-ring (bicyclic) bond motifs is 7. The van der Waals surface area contributed by atoms with Crippen LogP contribution in [-0.4, -0.2) is 26.3 Å². The summed E-state index contributed by atoms with van der Waals surface area (Å²) in [5, 5.41) is 15.1. The second kappa shape index (κ2) is 6.92. The van der Waals surface area contributed by atoms with Gasteiger partial charge in [0, 0.05) is 12.1 Å². The number of hydrogen-bond acceptors (Lipinski definition) is 3. The Kier molecular flexibility index (Phi) is 4.56. The SMILES string of the molecule is CCc1cnn(CC(=O)[C@H]2[C@H]3C[C@H]3[C@H]3[C@@H]4CC[C@@H]5C[C@](C)(O)CC[C@@H]5[C@H]4CC[C@@]32C)c1. The van der Waals surface area contributed by atoms with Crippen molar-refractivity contribution in [3.05, 3.63) is 18.0 Å². The lowest BCUT2D eigenvalue weighted by Crippen LogP contribution is -2.52. The number of hydrogen-bond donors (Lipinski definition) is 1. The van der Waals surface area contributed by atoms with Crippen molar-refractivity contribution in [1.29, 1.82) is 0 Å². The average molecular weight is 425 g/mol. The molecule has 0 amide bonds. The molecule has 5 aliphatic rings. The monoisotopic (exact) mass is 424 g/mol. The lowest BCUT2D eigenvalue weighted by Gasteiger charge is -2.57. The van der Waals surface area contributed by atoms with Crippen molar-refractivity contribution < 1.29 is 9.90 Å². The van der Waals surface area contributed by atoms with Gasteiger partial charge in [-0.15, -0.1) is 0 Å². The second-order valence-corrected chi connectivity index (χ2v) is 12.5. The van der Waals surface area contributed by atoms with E-state index in [2.05, 4.69) is 32.1 Å². The fraction of sp³-hybridized carbons (Fsp3) is 0.852. The molecule has 5 aliphatic carbocycles. The molecule has 4 heteroatoms. The van der Waals surface area contributed by atoms with E-state index in [-0.39, 0.29) is 11.3 Å². The summed E-state index contributed by atoms with van der Waals surface area (Å²) in [5.41, 5.74) is 0.990. The maximum Gasteiger partial charge on any atom is 0.158 e. The summed E-state index contributed by atoms with van der Waals surface area (Å²) in [4.78, 5) is 13.6. The van der Waals surface area contributed by atoms with Gasteiger partial charge in [0.1, 0.15) is 0 Å². The first-order valence-corrected chi connectivity index (χ1v) is 13.1. The van der Waals surface area contributed by atoms with Gasteiger partial charge in [0.2, 0.25) is 0 Å². The minimum atomic E-state index is -0.437. The maximum atomic E-state index is 13.6. The van der Waals surface area contributed by atoms with Gasteiger partial charge < -0.3 is 5.11 Å². The Morgan fingerprint density at radius 1 is 1.10 bits per heavy atom. The zero-order valence-electron chi connectivity index (χ0n) is 19.6. The van der Waals surface area contributed by atoms with E-state index in [1.165, 1.54) is 44.1 Å². The quantitative estimate of drug-likeness (QED) is 0.749. The topological polar surface area (TPSA) is 55.1 Å². The third-order valence-electron chi connectivity index (χ3n) is 10.8. The number of Topliss-reactive ketones (excluding diaryl/α,β-unsaturated/α-hetero) is 1. The van der Waals surface area contributed by atoms with Crippen LogP contribution in [0.25, 0.3) is 0 Å². The van der Waals surface area contributed by atoms with E-state index < -0.39 is 5.60 Å². The minimum absolute atomic E-state index is 0.208. The predicted molar refractivity (Wildman–Crippen MR) is 120 cm³/mol. The molecule has 0 saturated heterocycles. The van der Waals surface area contributed by atoms with E-state index in [9.17, 15) is 9.90 Å². The van der Waals surface area contributed by atoms with Crippen LogP contribution in [0.4, 0.5) is 0 Å². The summed E-state index contributed by atoms with van der Waals surface area (Å²) in [5.74, 6) is 6.14. The molecule has 0 radical (unpaired) electrons. The van der Waals surface area contributed by atoms with Crippen molar-refractivity contribution in [1.82, 2.24) is 9.78 Å². The molecule has 0 unspecified atom stereocenters. The zero-order valence-corrected chi connectivity index (χ0v) is 19.6. The summed E-state index contributed by atoms with van der Waals surface area (Å²) in [6, 6.07) is 0. The molecule has 170 valence electrons. The van der Waals surface area contributed by atoms with Crippen LogP contribution < -0.4 is 0 Å². The highest BCUT2D eigenvalue weighted by atomic mass is 16.3. The Bertz CT molecular complexity index is 874. The van der Waals surface area contributed by atoms with Gasteiger partial charge in [-0.2, -0.15) is 5.10 Å². The van der Waals surface area contributed by atoms with Crippen molar-refractivity contribution in [2.24, 2.45) is 52.8 Å². The van der Waals surface area contributed by atoms with Crippen molar-refractivity contribution in [3.8, 4) is 0 Å². The molecular weight excluding hydrogens is 384 g/mol. The van der Waals surface area contributed by atoms with Gasteiger partial charge in [-0.25, -0.2) is 0 Å². The Balaban J connectivity index is 1.22. The fourth-order valence-corrected chi connectivity index (χ4v) is 9.59. The van der Waals surface area contributed by atoms with E-state index in [1.54, 1.807) is 0 Å². The largest absolute Gasteiger partial charge is 0.390 e. The van der Waals surface area contributed by atoms with Gasteiger partial charge in [0.25, 0.3) is 0 Å². The smallest absolute Gasteiger partial charge is 0.158 e. The molecule has 0 aliphatic heterocycles. The summed E-state index contributed by atoms with van der Waals surface area (Å²) in [6.07, 6.45) is 14.7. The highest BCUT2D eigenvalue weighted by Gasteiger charge is 2.70. The molecule has 0 bridgehead atoms. The van der Waals surface area contributed by atoms with E-state index in [0.717, 1.165) is 54.8 Å². The number of carbonyl (C=O) groups is 1. The molecular formula is C27H40N2O2. The number of aromatic nitrogens is 2. The first kappa shape index (κ1) is 20.4. The Hall–Kier alpha value is -1.16. The van der Waals surface area contributed by atoms with Gasteiger partial charge in [-0.1, -0.05) is 13.8 Å². The van der Waals surface area contributed by atoms with Gasteiger partial charge >= 0.3 is 0 Å². The van der Waals surface area contributed by atoms with Crippen molar-refractivity contribution in [2.75, 3.05) is 0 Å². The molecule has 5 fully saturated rings. The zero-order chi connectivity index (χ0) is 21.5. The number of aliphatic hydroxyl groups is 1. The van der Waals surface area contributed by atoms with Gasteiger partial charge in [-0.3, -0.25) is 9.48 Å². The van der Waals surface area contributed by atoms with Crippen LogP contribution in [0.1, 0.15) is 77.7 Å². The lowest BCUT2D eigenvalue weighted by atomic mass is 9.48. The Morgan fingerprint density at radius 2 is 1.90 bits per heavy atom. The van der Waals surface area contributed by atoms with E-state index >= 15 is 0 Å². The summed E-state index contributed by atoms with van der Waals surface area (Å²) < 4.78 is 1.89. The highest BCUT2D eigenvalue weighted by Crippen LogP contribution is 2.74. The van der Waals surface area contributed by atoms with Crippen LogP contribution in [0.3, 0.4) is 0 Å². The minimum Gasteiger partial charge on any atom is -0.390 e. The van der Waals surface area contributed by atoms with Crippen LogP contribution in [0.15, 0.2) is 12.4 Å². The van der Waals surface area contributed by atoms with E-state index in [0.29, 0.717) is 18.2 Å². The Labute approximate surface area is 187 Å². The molecule has 1 heterocycles. The number of nitrogens with zero attached hydrogens (tertiary/aromatic N) is 2. The third kappa shape index (κ3) is 3.10. The van der Waals surface area contributed by atoms with Crippen molar-refractivity contribution >= 4 is 5.78 Å². The number of ketones is 1. The molecule has 0 aromatic carbocycles. The van der Waals surface area contributed by atoms with Gasteiger partial charge in [0.15, 0.2) is 5.78 Å². The molecule has 1 N–H and O–H groups in total. The molecule has 10 atom stereocenters. The molecule has 31 heavy (non-hydrogen) atoms. The first-order chi connectivity index (χ1) is 14.8. The number of aryl methyl sites for hydroxylation is 1. The van der Waals surface area contributed by atoms with Gasteiger partial charge in [-0.05, 0) is 117 Å². The number of carbonyl (C=O) groups excluding carboxylic acids is 1. The normalized spacial score (nSPS) is 50.2. The van der Waals surface area contributed by atoms with Crippen molar-refractivity contribution in [2.45, 2.75) is 90.7 Å². The summed E-state index contributed by atoms with van der Waals surface area (Å²) in [6.45, 7) is 7.14. The standard InChI is InChI=1S/C27H40N2O2/c1-4-16-13-28-29(14-16)15-23(30)25-22-11-21(22)24-20-6-5-17-12-26(2,31)9-7-18(17)19(20)8-10-27(24,25)3/h13-14,17-22,24-25,31H,4-12,15H2,1-3H3/t17-,18+,19-,20-,21-,22+,24-,25-,26-,27+/m1/s1. The van der Waals surface area contributed by atoms with Crippen LogP contribution >= 0.6 is 0 Å². The van der Waals surface area contributed by atoms with E-state index in [4.69, 9.17) is 0 Å². The number of rotatable bonds is 4. The first-order valence-electron chi connectivity index (χ1n) is 13.1. The van der Waals surface area contributed by atoms with Crippen LogP contribution in [0, 0.1) is 52.8 Å². The predicted octanol–water partition coefficient (Wildman–Crippen LogP) is 4.89. The summed E-state index contributed by atoms with van der Waals surface area (Å²) >= 11 is 0. The second-order valence-electron chi connectivity index (χ2n) is 12.5. The van der Waals surface area contributed by atoms with Crippen LogP contribution in [0.2, 0.25) is 0 Å². The molecule has 1 aromatic heterocycles. The fourth-order valence-electron chi connectivity index (χ4n) is 9.59. The molecule has 1 aromatic rings. The highest BCUT2D eigenvalue weighted by molar-refractivity contribution is 5.83. The molecule has 6 rings (SSSR count). The van der Waals surface area contributed by atoms with Gasteiger partial charge in [0.05, 0.1) is 18.3 Å². The lowest BCUT2D eigenvalue weighted by molar-refractivity contribution is -0.136. The third-order valence-corrected chi connectivity index (χ3v) is 10.8. The van der Waals surface area contributed by atoms with Crippen LogP contribution in [-0.2, 0) is 17.8 Å².